The molecule has 0 bridgehead atoms. The van der Waals surface area contributed by atoms with E-state index in [9.17, 15) is 9.90 Å². The maximum atomic E-state index is 12.2. The van der Waals surface area contributed by atoms with Crippen molar-refractivity contribution in [1.82, 2.24) is 0 Å². The van der Waals surface area contributed by atoms with Crippen molar-refractivity contribution in [3.05, 3.63) is 62.6 Å². The summed E-state index contributed by atoms with van der Waals surface area (Å²) in [6, 6.07) is 10.9. The molecule has 2 aromatic rings. The van der Waals surface area contributed by atoms with E-state index in [0.29, 0.717) is 21.8 Å². The molecule has 6 heteroatoms. The number of hydrogen-bond donors (Lipinski definition) is 2. The van der Waals surface area contributed by atoms with Gasteiger partial charge in [-0.3, -0.25) is 0 Å². The number of fused-ring (bicyclic) bond motifs is 1. The summed E-state index contributed by atoms with van der Waals surface area (Å²) in [7, 11) is 1.32. The van der Waals surface area contributed by atoms with Gasteiger partial charge in [-0.15, -0.1) is 0 Å². The van der Waals surface area contributed by atoms with Gasteiger partial charge in [0.2, 0.25) is 0 Å². The van der Waals surface area contributed by atoms with E-state index in [2.05, 4.69) is 21.2 Å². The molecule has 1 heterocycles. The number of anilines is 1. The molecule has 2 aromatic carbocycles. The lowest BCUT2D eigenvalue weighted by Crippen LogP contribution is -2.39. The van der Waals surface area contributed by atoms with Crippen LogP contribution in [0.3, 0.4) is 0 Å². The lowest BCUT2D eigenvalue weighted by molar-refractivity contribution is 0.0286. The maximum absolute atomic E-state index is 12.2. The molecule has 1 aliphatic heterocycles. The van der Waals surface area contributed by atoms with Crippen LogP contribution in [-0.4, -0.2) is 18.2 Å². The van der Waals surface area contributed by atoms with Crippen molar-refractivity contribution in [3.63, 3.8) is 0 Å². The molecule has 2 atom stereocenters. The zero-order valence-corrected chi connectivity index (χ0v) is 16.5. The van der Waals surface area contributed by atoms with Gasteiger partial charge in [0.15, 0.2) is 0 Å². The molecule has 2 unspecified atom stereocenters. The van der Waals surface area contributed by atoms with E-state index in [0.717, 1.165) is 10.0 Å². The van der Waals surface area contributed by atoms with Crippen LogP contribution in [0.4, 0.5) is 5.69 Å². The van der Waals surface area contributed by atoms with E-state index >= 15 is 0 Å². The first-order valence-corrected chi connectivity index (χ1v) is 9.04. The first kappa shape index (κ1) is 18.2. The number of carbonyl (C=O) groups excluding carboxylic acids is 1. The molecule has 3 rings (SSSR count). The predicted molar refractivity (Wildman–Crippen MR) is 102 cm³/mol. The zero-order chi connectivity index (χ0) is 18.4. The topological polar surface area (TPSA) is 58.6 Å². The van der Waals surface area contributed by atoms with Gasteiger partial charge in [-0.1, -0.05) is 53.5 Å². The molecule has 0 aliphatic carbocycles. The molecular weight excluding hydrogens is 406 g/mol. The number of halogens is 2. The Morgan fingerprint density at radius 3 is 2.68 bits per heavy atom. The number of methoxy groups -OCH3 is 1. The van der Waals surface area contributed by atoms with Crippen molar-refractivity contribution in [2.24, 2.45) is 5.41 Å². The van der Waals surface area contributed by atoms with Crippen molar-refractivity contribution >= 4 is 39.2 Å². The largest absolute Gasteiger partial charge is 0.465 e. The summed E-state index contributed by atoms with van der Waals surface area (Å²) < 4.78 is 5.83. The Kier molecular flexibility index (Phi) is 4.84. The normalized spacial score (nSPS) is 21.2. The van der Waals surface area contributed by atoms with Crippen molar-refractivity contribution in [3.8, 4) is 0 Å². The Labute approximate surface area is 160 Å². The minimum atomic E-state index is -0.796. The van der Waals surface area contributed by atoms with E-state index in [1.807, 2.05) is 38.1 Å². The number of carbonyl (C=O) groups is 1. The number of ether oxygens (including phenoxy) is 1. The van der Waals surface area contributed by atoms with Crippen LogP contribution in [0.15, 0.2) is 40.9 Å². The fraction of sp³-hybridized carbons (Fsp3) is 0.316. The second-order valence-electron chi connectivity index (χ2n) is 6.77. The number of rotatable bonds is 2. The Morgan fingerprint density at radius 2 is 2.04 bits per heavy atom. The Bertz CT molecular complexity index is 837. The molecule has 0 radical (unpaired) electrons. The molecule has 0 amide bonds. The number of esters is 1. The molecule has 0 saturated heterocycles. The molecule has 0 aromatic heterocycles. The third-order valence-corrected chi connectivity index (χ3v) is 5.46. The van der Waals surface area contributed by atoms with Gasteiger partial charge in [0.1, 0.15) is 0 Å². The molecule has 2 N–H and O–H groups in total. The van der Waals surface area contributed by atoms with Gasteiger partial charge in [0.25, 0.3) is 0 Å². The van der Waals surface area contributed by atoms with Crippen LogP contribution in [0, 0.1) is 5.41 Å². The van der Waals surface area contributed by atoms with Crippen LogP contribution >= 0.6 is 27.5 Å². The first-order chi connectivity index (χ1) is 11.8. The van der Waals surface area contributed by atoms with Crippen LogP contribution in [-0.2, 0) is 4.74 Å². The predicted octanol–water partition coefficient (Wildman–Crippen LogP) is 5.12. The number of nitrogens with one attached hydrogen (secondary N) is 1. The molecule has 132 valence electrons. The van der Waals surface area contributed by atoms with Gasteiger partial charge in [0.05, 0.1) is 30.5 Å². The SMILES string of the molecule is COC(=O)c1cc(Cl)cc2c1NC(c1cccc(Br)c1)C(C)(C)C2O. The van der Waals surface area contributed by atoms with Gasteiger partial charge in [-0.25, -0.2) is 4.79 Å². The average molecular weight is 425 g/mol. The van der Waals surface area contributed by atoms with E-state index in [4.69, 9.17) is 16.3 Å². The highest BCUT2D eigenvalue weighted by molar-refractivity contribution is 9.10. The van der Waals surface area contributed by atoms with E-state index < -0.39 is 17.5 Å². The number of benzene rings is 2. The van der Waals surface area contributed by atoms with Crippen LogP contribution in [0.2, 0.25) is 5.02 Å². The van der Waals surface area contributed by atoms with Crippen molar-refractivity contribution < 1.29 is 14.6 Å². The molecule has 4 nitrogen and oxygen atoms in total. The minimum absolute atomic E-state index is 0.197. The number of aliphatic hydroxyl groups is 1. The summed E-state index contributed by atoms with van der Waals surface area (Å²) in [5.74, 6) is -0.494. The van der Waals surface area contributed by atoms with Gasteiger partial charge < -0.3 is 15.2 Å². The highest BCUT2D eigenvalue weighted by Crippen LogP contribution is 2.52. The smallest absolute Gasteiger partial charge is 0.340 e. The molecule has 0 fully saturated rings. The van der Waals surface area contributed by atoms with Gasteiger partial charge in [-0.2, -0.15) is 0 Å². The average Bonchev–Trinajstić information content (AvgIpc) is 2.57. The van der Waals surface area contributed by atoms with E-state index in [1.54, 1.807) is 12.1 Å². The highest BCUT2D eigenvalue weighted by Gasteiger charge is 2.44. The summed E-state index contributed by atoms with van der Waals surface area (Å²) in [5, 5.41) is 14.8. The Morgan fingerprint density at radius 1 is 1.32 bits per heavy atom. The Balaban J connectivity index is 2.19. The fourth-order valence-corrected chi connectivity index (χ4v) is 4.01. The third-order valence-electron chi connectivity index (χ3n) is 4.75. The molecule has 0 saturated carbocycles. The molecule has 0 spiro atoms. The lowest BCUT2D eigenvalue weighted by atomic mass is 9.70. The Hall–Kier alpha value is -1.56. The summed E-state index contributed by atoms with van der Waals surface area (Å²) in [6.45, 7) is 3.97. The summed E-state index contributed by atoms with van der Waals surface area (Å²) in [6.07, 6.45) is -0.796. The van der Waals surface area contributed by atoms with Crippen LogP contribution in [0.5, 0.6) is 0 Å². The second kappa shape index (κ2) is 6.63. The maximum Gasteiger partial charge on any atom is 0.340 e. The quantitative estimate of drug-likeness (QED) is 0.657. The standard InChI is InChI=1S/C19H19BrClNO3/c1-19(2)16(10-5-4-6-11(20)7-10)22-15-13(17(19)23)8-12(21)9-14(15)18(24)25-3/h4-9,16-17,22-23H,1-3H3. The monoisotopic (exact) mass is 423 g/mol. The fourth-order valence-electron chi connectivity index (χ4n) is 3.36. The first-order valence-electron chi connectivity index (χ1n) is 7.87. The van der Waals surface area contributed by atoms with Crippen molar-refractivity contribution in [2.45, 2.75) is 26.0 Å². The van der Waals surface area contributed by atoms with Crippen LogP contribution in [0.25, 0.3) is 0 Å². The third kappa shape index (κ3) is 3.16. The summed E-state index contributed by atoms with van der Waals surface area (Å²) >= 11 is 9.65. The van der Waals surface area contributed by atoms with Crippen LogP contribution < -0.4 is 5.32 Å². The van der Waals surface area contributed by atoms with E-state index in [1.165, 1.54) is 7.11 Å². The second-order valence-corrected chi connectivity index (χ2v) is 8.12. The molecule has 25 heavy (non-hydrogen) atoms. The van der Waals surface area contributed by atoms with E-state index in [-0.39, 0.29) is 6.04 Å². The number of aliphatic hydroxyl groups excluding tert-OH is 1. The van der Waals surface area contributed by atoms with Gasteiger partial charge >= 0.3 is 5.97 Å². The lowest BCUT2D eigenvalue weighted by Gasteiger charge is -2.45. The highest BCUT2D eigenvalue weighted by atomic mass is 79.9. The minimum Gasteiger partial charge on any atom is -0.465 e. The zero-order valence-electron chi connectivity index (χ0n) is 14.1. The summed E-state index contributed by atoms with van der Waals surface area (Å²) in [5.41, 5.74) is 1.97. The van der Waals surface area contributed by atoms with Gasteiger partial charge in [-0.05, 0) is 29.8 Å². The summed E-state index contributed by atoms with van der Waals surface area (Å²) in [4.78, 5) is 12.2. The van der Waals surface area contributed by atoms with Crippen molar-refractivity contribution in [1.29, 1.82) is 0 Å². The molecular formula is C19H19BrClNO3. The van der Waals surface area contributed by atoms with Gasteiger partial charge in [0, 0.05) is 20.5 Å². The molecule has 1 aliphatic rings. The van der Waals surface area contributed by atoms with Crippen LogP contribution in [0.1, 0.15) is 47.5 Å². The number of hydrogen-bond acceptors (Lipinski definition) is 4. The van der Waals surface area contributed by atoms with Crippen molar-refractivity contribution in [2.75, 3.05) is 12.4 Å².